The van der Waals surface area contributed by atoms with Crippen molar-refractivity contribution >= 4 is 11.0 Å². The molecule has 120 valence electrons. The molecule has 24 heavy (non-hydrogen) atoms. The Hall–Kier alpha value is -3.09. The summed E-state index contributed by atoms with van der Waals surface area (Å²) < 4.78 is 7.31. The first kappa shape index (κ1) is 14.5. The summed E-state index contributed by atoms with van der Waals surface area (Å²) in [5.74, 6) is 1.01. The third-order valence-electron chi connectivity index (χ3n) is 3.89. The van der Waals surface area contributed by atoms with Gasteiger partial charge in [0.05, 0.1) is 5.52 Å². The van der Waals surface area contributed by atoms with Gasteiger partial charge in [0.1, 0.15) is 5.52 Å². The fourth-order valence-electron chi connectivity index (χ4n) is 2.63. The van der Waals surface area contributed by atoms with E-state index in [9.17, 15) is 0 Å². The molecule has 7 nitrogen and oxygen atoms in total. The van der Waals surface area contributed by atoms with Gasteiger partial charge in [-0.1, -0.05) is 10.4 Å². The van der Waals surface area contributed by atoms with Crippen molar-refractivity contribution in [3.63, 3.8) is 0 Å². The molecule has 0 atom stereocenters. The van der Waals surface area contributed by atoms with Crippen LogP contribution in [-0.2, 0) is 0 Å². The number of hydrogen-bond donors (Lipinski definition) is 0. The normalized spacial score (nSPS) is 11.5. The lowest BCUT2D eigenvalue weighted by atomic mass is 10.1. The van der Waals surface area contributed by atoms with Crippen molar-refractivity contribution in [2.45, 2.75) is 26.8 Å². The third kappa shape index (κ3) is 2.34. The van der Waals surface area contributed by atoms with E-state index in [1.54, 1.807) is 12.4 Å². The summed E-state index contributed by atoms with van der Waals surface area (Å²) in [5.41, 5.74) is 4.52. The lowest BCUT2D eigenvalue weighted by molar-refractivity contribution is 0.432. The molecule has 0 aliphatic heterocycles. The summed E-state index contributed by atoms with van der Waals surface area (Å²) in [4.78, 5) is 8.58. The van der Waals surface area contributed by atoms with Crippen LogP contribution in [0.25, 0.3) is 33.9 Å². The van der Waals surface area contributed by atoms with Crippen LogP contribution in [0.4, 0.5) is 0 Å². The van der Waals surface area contributed by atoms with Gasteiger partial charge in [0.15, 0.2) is 0 Å². The maximum atomic E-state index is 5.43. The van der Waals surface area contributed by atoms with Crippen LogP contribution in [0.5, 0.6) is 0 Å². The van der Waals surface area contributed by atoms with Crippen molar-refractivity contribution in [1.82, 2.24) is 30.1 Å². The van der Waals surface area contributed by atoms with E-state index in [0.717, 1.165) is 27.7 Å². The Morgan fingerprint density at radius 3 is 2.83 bits per heavy atom. The fraction of sp³-hybridized carbons (Fsp3) is 0.235. The molecule has 0 amide bonds. The van der Waals surface area contributed by atoms with Crippen LogP contribution in [0.2, 0.25) is 0 Å². The molecule has 1 aromatic carbocycles. The standard InChI is InChI=1S/C17H16N6O/c1-10(2)23-15-5-4-12(8-14(15)20-22-23)17-19-16(21-24-17)13-6-7-18-9-11(13)3/h4-10H,1-3H3. The molecule has 7 heteroatoms. The highest BCUT2D eigenvalue weighted by Crippen LogP contribution is 2.26. The highest BCUT2D eigenvalue weighted by atomic mass is 16.5. The van der Waals surface area contributed by atoms with Crippen molar-refractivity contribution in [3.8, 4) is 22.8 Å². The Kier molecular flexibility index (Phi) is 3.34. The summed E-state index contributed by atoms with van der Waals surface area (Å²) in [6, 6.07) is 7.97. The topological polar surface area (TPSA) is 82.5 Å². The minimum atomic E-state index is 0.255. The van der Waals surface area contributed by atoms with Crippen molar-refractivity contribution in [2.75, 3.05) is 0 Å². The number of aryl methyl sites for hydroxylation is 1. The number of hydrogen-bond acceptors (Lipinski definition) is 6. The van der Waals surface area contributed by atoms with Gasteiger partial charge in [0.2, 0.25) is 5.82 Å². The minimum absolute atomic E-state index is 0.255. The van der Waals surface area contributed by atoms with Crippen LogP contribution < -0.4 is 0 Å². The van der Waals surface area contributed by atoms with E-state index in [1.807, 2.05) is 35.9 Å². The van der Waals surface area contributed by atoms with E-state index >= 15 is 0 Å². The van der Waals surface area contributed by atoms with Gasteiger partial charge in [-0.05, 0) is 50.6 Å². The van der Waals surface area contributed by atoms with Crippen molar-refractivity contribution in [1.29, 1.82) is 0 Å². The fourth-order valence-corrected chi connectivity index (χ4v) is 2.63. The lowest BCUT2D eigenvalue weighted by Gasteiger charge is -2.04. The average molecular weight is 320 g/mol. The second-order valence-electron chi connectivity index (χ2n) is 5.94. The monoisotopic (exact) mass is 320 g/mol. The first-order valence-electron chi connectivity index (χ1n) is 7.73. The van der Waals surface area contributed by atoms with Gasteiger partial charge in [0.25, 0.3) is 5.89 Å². The number of aromatic nitrogens is 6. The molecule has 0 aliphatic rings. The zero-order chi connectivity index (χ0) is 16.7. The molecule has 4 rings (SSSR count). The predicted molar refractivity (Wildman–Crippen MR) is 89.2 cm³/mol. The van der Waals surface area contributed by atoms with Gasteiger partial charge >= 0.3 is 0 Å². The van der Waals surface area contributed by atoms with E-state index in [-0.39, 0.29) is 6.04 Å². The molecule has 0 fully saturated rings. The number of fused-ring (bicyclic) bond motifs is 1. The molecule has 0 spiro atoms. The van der Waals surface area contributed by atoms with E-state index in [4.69, 9.17) is 4.52 Å². The summed E-state index contributed by atoms with van der Waals surface area (Å²) in [6.07, 6.45) is 3.50. The van der Waals surface area contributed by atoms with Crippen molar-refractivity contribution < 1.29 is 4.52 Å². The van der Waals surface area contributed by atoms with Crippen LogP contribution in [-0.4, -0.2) is 30.1 Å². The van der Waals surface area contributed by atoms with Crippen molar-refractivity contribution in [3.05, 3.63) is 42.2 Å². The molecule has 4 aromatic rings. The number of nitrogens with zero attached hydrogens (tertiary/aromatic N) is 6. The van der Waals surface area contributed by atoms with Gasteiger partial charge in [-0.2, -0.15) is 4.98 Å². The lowest BCUT2D eigenvalue weighted by Crippen LogP contribution is -2.02. The number of rotatable bonds is 3. The molecule has 0 aliphatic carbocycles. The average Bonchev–Trinajstić information content (AvgIpc) is 3.21. The maximum absolute atomic E-state index is 5.43. The first-order valence-corrected chi connectivity index (χ1v) is 7.73. The van der Waals surface area contributed by atoms with Crippen LogP contribution in [0.1, 0.15) is 25.5 Å². The summed E-state index contributed by atoms with van der Waals surface area (Å²) in [5, 5.41) is 12.5. The van der Waals surface area contributed by atoms with Gasteiger partial charge in [-0.25, -0.2) is 4.68 Å². The van der Waals surface area contributed by atoms with Crippen LogP contribution in [0.15, 0.2) is 41.2 Å². The van der Waals surface area contributed by atoms with E-state index < -0.39 is 0 Å². The molecule has 0 N–H and O–H groups in total. The Labute approximate surface area is 138 Å². The second kappa shape index (κ2) is 5.52. The molecule has 0 saturated carbocycles. The molecule has 3 heterocycles. The predicted octanol–water partition coefficient (Wildman–Crippen LogP) is 3.43. The van der Waals surface area contributed by atoms with E-state index in [1.165, 1.54) is 0 Å². The molecule has 0 unspecified atom stereocenters. The third-order valence-corrected chi connectivity index (χ3v) is 3.89. The largest absolute Gasteiger partial charge is 0.334 e. The number of benzene rings is 1. The Balaban J connectivity index is 1.75. The van der Waals surface area contributed by atoms with Crippen LogP contribution in [0, 0.1) is 6.92 Å². The summed E-state index contributed by atoms with van der Waals surface area (Å²) >= 11 is 0. The van der Waals surface area contributed by atoms with Gasteiger partial charge < -0.3 is 4.52 Å². The van der Waals surface area contributed by atoms with Gasteiger partial charge in [-0.15, -0.1) is 5.10 Å². The zero-order valence-electron chi connectivity index (χ0n) is 13.6. The Bertz CT molecular complexity index is 1020. The zero-order valence-corrected chi connectivity index (χ0v) is 13.6. The van der Waals surface area contributed by atoms with Gasteiger partial charge in [0, 0.05) is 29.6 Å². The highest BCUT2D eigenvalue weighted by Gasteiger charge is 2.14. The second-order valence-corrected chi connectivity index (χ2v) is 5.94. The SMILES string of the molecule is Cc1cnccc1-c1noc(-c2ccc3c(c2)nnn3C(C)C)n1. The number of pyridine rings is 1. The quantitative estimate of drug-likeness (QED) is 0.575. The van der Waals surface area contributed by atoms with Gasteiger partial charge in [-0.3, -0.25) is 4.98 Å². The highest BCUT2D eigenvalue weighted by molar-refractivity contribution is 5.80. The summed E-state index contributed by atoms with van der Waals surface area (Å²) in [7, 11) is 0. The van der Waals surface area contributed by atoms with E-state index in [2.05, 4.69) is 39.3 Å². The molecule has 0 radical (unpaired) electrons. The molecule has 0 bridgehead atoms. The minimum Gasteiger partial charge on any atom is -0.334 e. The molecule has 3 aromatic heterocycles. The van der Waals surface area contributed by atoms with Crippen LogP contribution in [0.3, 0.4) is 0 Å². The molecular formula is C17H16N6O. The Morgan fingerprint density at radius 1 is 1.17 bits per heavy atom. The first-order chi connectivity index (χ1) is 11.6. The maximum Gasteiger partial charge on any atom is 0.258 e. The van der Waals surface area contributed by atoms with Crippen LogP contribution >= 0.6 is 0 Å². The van der Waals surface area contributed by atoms with Crippen molar-refractivity contribution in [2.24, 2.45) is 0 Å². The smallest absolute Gasteiger partial charge is 0.258 e. The molecular weight excluding hydrogens is 304 g/mol. The summed E-state index contributed by atoms with van der Waals surface area (Å²) in [6.45, 7) is 6.11. The van der Waals surface area contributed by atoms with E-state index in [0.29, 0.717) is 11.7 Å². The Morgan fingerprint density at radius 2 is 2.04 bits per heavy atom. The molecule has 0 saturated heterocycles.